The van der Waals surface area contributed by atoms with Gasteiger partial charge in [-0.1, -0.05) is 18.2 Å². The largest absolute Gasteiger partial charge is 0.416 e. The summed E-state index contributed by atoms with van der Waals surface area (Å²) in [5.74, 6) is -0.216. The van der Waals surface area contributed by atoms with Crippen molar-refractivity contribution in [1.29, 1.82) is 0 Å². The Hall–Kier alpha value is -2.04. The van der Waals surface area contributed by atoms with Crippen LogP contribution in [0, 0.1) is 0 Å². The molecule has 1 N–H and O–H groups in total. The van der Waals surface area contributed by atoms with Gasteiger partial charge in [-0.05, 0) is 48.9 Å². The Morgan fingerprint density at radius 3 is 2.47 bits per heavy atom. The zero-order chi connectivity index (χ0) is 21.9. The monoisotopic (exact) mass is 458 g/mol. The van der Waals surface area contributed by atoms with Gasteiger partial charge in [0.1, 0.15) is 0 Å². The van der Waals surface area contributed by atoms with Crippen molar-refractivity contribution in [3.05, 3.63) is 59.2 Å². The van der Waals surface area contributed by atoms with E-state index in [9.17, 15) is 26.4 Å². The minimum Gasteiger partial charge on any atom is -0.339 e. The normalized spacial score (nSPS) is 14.9. The number of alkyl halides is 3. The van der Waals surface area contributed by atoms with Gasteiger partial charge in [0.05, 0.1) is 16.0 Å². The summed E-state index contributed by atoms with van der Waals surface area (Å²) >= 11 is 1.35. The van der Waals surface area contributed by atoms with Crippen molar-refractivity contribution < 1.29 is 26.4 Å². The Balaban J connectivity index is 1.82. The highest BCUT2D eigenvalue weighted by Gasteiger charge is 2.30. The highest BCUT2D eigenvalue weighted by atomic mass is 32.2. The molecule has 0 saturated carbocycles. The number of sulfonamides is 1. The maximum Gasteiger partial charge on any atom is 0.416 e. The smallest absolute Gasteiger partial charge is 0.339 e. The minimum atomic E-state index is -4.51. The number of thioether (sulfide) groups is 1. The second-order valence-corrected chi connectivity index (χ2v) is 9.50. The van der Waals surface area contributed by atoms with Gasteiger partial charge in [-0.15, -0.1) is 11.8 Å². The number of nitrogens with zero attached hydrogens (tertiary/aromatic N) is 1. The summed E-state index contributed by atoms with van der Waals surface area (Å²) < 4.78 is 66.3. The Labute approximate surface area is 177 Å². The van der Waals surface area contributed by atoms with E-state index in [1.807, 2.05) is 0 Å². The van der Waals surface area contributed by atoms with Gasteiger partial charge in [0.25, 0.3) is 5.91 Å². The summed E-state index contributed by atoms with van der Waals surface area (Å²) in [5, 5.41) is 0. The third kappa shape index (κ3) is 5.16. The lowest BCUT2D eigenvalue weighted by Crippen LogP contribution is -2.29. The predicted octanol–water partition coefficient (Wildman–Crippen LogP) is 4.14. The van der Waals surface area contributed by atoms with Crippen LogP contribution in [-0.4, -0.2) is 38.6 Å². The second-order valence-electron chi connectivity index (χ2n) is 6.88. The molecule has 0 spiro atoms. The van der Waals surface area contributed by atoms with Gasteiger partial charge in [-0.25, -0.2) is 13.1 Å². The molecule has 1 amide bonds. The minimum absolute atomic E-state index is 0.102. The number of nitrogens with one attached hydrogen (secondary N) is 1. The molecule has 1 aliphatic rings. The van der Waals surface area contributed by atoms with E-state index in [1.54, 1.807) is 17.2 Å². The summed E-state index contributed by atoms with van der Waals surface area (Å²) in [4.78, 5) is 15.1. The number of halogens is 3. The molecule has 2 aromatic carbocycles. The molecule has 5 nitrogen and oxygen atoms in total. The first-order chi connectivity index (χ1) is 14.1. The van der Waals surface area contributed by atoms with Crippen LogP contribution in [-0.2, 0) is 22.7 Å². The van der Waals surface area contributed by atoms with Gasteiger partial charge in [-0.3, -0.25) is 4.79 Å². The van der Waals surface area contributed by atoms with Crippen molar-refractivity contribution in [2.24, 2.45) is 0 Å². The first-order valence-electron chi connectivity index (χ1n) is 9.25. The van der Waals surface area contributed by atoms with Crippen molar-refractivity contribution in [2.45, 2.75) is 35.4 Å². The molecular weight excluding hydrogens is 437 g/mol. The lowest BCUT2D eigenvalue weighted by molar-refractivity contribution is -0.137. The van der Waals surface area contributed by atoms with Crippen LogP contribution in [0.5, 0.6) is 0 Å². The first kappa shape index (κ1) is 22.6. The lowest BCUT2D eigenvalue weighted by Gasteiger charge is -2.18. The number of likely N-dealkylation sites (tertiary alicyclic amines) is 1. The number of hydrogen-bond acceptors (Lipinski definition) is 4. The zero-order valence-electron chi connectivity index (χ0n) is 16.2. The standard InChI is InChI=1S/C20H21F3N2O3S2/c1-29-18-8-7-16(12-17(18)19(26)25-9-2-3-10-25)30(27,28)24-13-14-5-4-6-15(11-14)20(21,22)23/h4-8,11-12,24H,2-3,9-10,13H2,1H3. The lowest BCUT2D eigenvalue weighted by atomic mass is 10.1. The van der Waals surface area contributed by atoms with Crippen molar-refractivity contribution in [1.82, 2.24) is 9.62 Å². The predicted molar refractivity (Wildman–Crippen MR) is 109 cm³/mol. The summed E-state index contributed by atoms with van der Waals surface area (Å²) in [5.41, 5.74) is -0.351. The van der Waals surface area contributed by atoms with E-state index in [0.29, 0.717) is 23.5 Å². The number of carbonyl (C=O) groups is 1. The molecule has 3 rings (SSSR count). The average molecular weight is 459 g/mol. The molecule has 0 bridgehead atoms. The quantitative estimate of drug-likeness (QED) is 0.661. The van der Waals surface area contributed by atoms with Crippen molar-refractivity contribution in [3.63, 3.8) is 0 Å². The Morgan fingerprint density at radius 2 is 1.83 bits per heavy atom. The molecule has 10 heteroatoms. The van der Waals surface area contributed by atoms with E-state index < -0.39 is 21.8 Å². The van der Waals surface area contributed by atoms with Gasteiger partial charge in [-0.2, -0.15) is 13.2 Å². The molecule has 0 unspecified atom stereocenters. The summed E-state index contributed by atoms with van der Waals surface area (Å²) in [6.07, 6.45) is -0.878. The number of amides is 1. The Kier molecular flexibility index (Phi) is 6.78. The van der Waals surface area contributed by atoms with Gasteiger partial charge in [0.2, 0.25) is 10.0 Å². The number of benzene rings is 2. The van der Waals surface area contributed by atoms with Crippen molar-refractivity contribution in [3.8, 4) is 0 Å². The van der Waals surface area contributed by atoms with E-state index in [1.165, 1.54) is 36.0 Å². The maximum absolute atomic E-state index is 12.9. The number of hydrogen-bond donors (Lipinski definition) is 1. The molecule has 1 heterocycles. The summed E-state index contributed by atoms with van der Waals surface area (Å²) in [6, 6.07) is 8.77. The third-order valence-corrected chi connectivity index (χ3v) is 7.02. The van der Waals surface area contributed by atoms with E-state index in [4.69, 9.17) is 0 Å². The van der Waals surface area contributed by atoms with E-state index in [-0.39, 0.29) is 22.9 Å². The molecule has 0 aliphatic carbocycles. The van der Waals surface area contributed by atoms with Crippen LogP contribution in [0.3, 0.4) is 0 Å². The van der Waals surface area contributed by atoms with Gasteiger partial charge >= 0.3 is 6.18 Å². The molecule has 30 heavy (non-hydrogen) atoms. The topological polar surface area (TPSA) is 66.5 Å². The van der Waals surface area contributed by atoms with E-state index in [0.717, 1.165) is 25.0 Å². The summed E-state index contributed by atoms with van der Waals surface area (Å²) in [7, 11) is -4.02. The third-order valence-electron chi connectivity index (χ3n) is 4.83. The fourth-order valence-electron chi connectivity index (χ4n) is 3.23. The van der Waals surface area contributed by atoms with Crippen LogP contribution in [0.15, 0.2) is 52.3 Å². The van der Waals surface area contributed by atoms with Gasteiger partial charge in [0.15, 0.2) is 0 Å². The fourth-order valence-corrected chi connectivity index (χ4v) is 4.85. The molecule has 0 atom stereocenters. The molecule has 1 fully saturated rings. The molecule has 2 aromatic rings. The first-order valence-corrected chi connectivity index (χ1v) is 12.0. The Bertz CT molecular complexity index is 1030. The molecular formula is C20H21F3N2O3S2. The van der Waals surface area contributed by atoms with Crippen LogP contribution < -0.4 is 4.72 Å². The average Bonchev–Trinajstić information content (AvgIpc) is 3.26. The Morgan fingerprint density at radius 1 is 1.13 bits per heavy atom. The van der Waals surface area contributed by atoms with Gasteiger partial charge < -0.3 is 4.90 Å². The van der Waals surface area contributed by atoms with Crippen LogP contribution in [0.2, 0.25) is 0 Å². The molecule has 0 aromatic heterocycles. The highest BCUT2D eigenvalue weighted by Crippen LogP contribution is 2.30. The van der Waals surface area contributed by atoms with Crippen molar-refractivity contribution >= 4 is 27.7 Å². The molecule has 162 valence electrons. The number of rotatable bonds is 6. The maximum atomic E-state index is 12.9. The van der Waals surface area contributed by atoms with E-state index >= 15 is 0 Å². The fraction of sp³-hybridized carbons (Fsp3) is 0.350. The summed E-state index contributed by atoms with van der Waals surface area (Å²) in [6.45, 7) is 0.973. The van der Waals surface area contributed by atoms with Crippen LogP contribution in [0.4, 0.5) is 13.2 Å². The zero-order valence-corrected chi connectivity index (χ0v) is 17.8. The van der Waals surface area contributed by atoms with Crippen LogP contribution in [0.1, 0.15) is 34.3 Å². The molecule has 0 radical (unpaired) electrons. The molecule has 1 saturated heterocycles. The SMILES string of the molecule is CSc1ccc(S(=O)(=O)NCc2cccc(C(F)(F)F)c2)cc1C(=O)N1CCCC1. The van der Waals surface area contributed by atoms with Crippen LogP contribution in [0.25, 0.3) is 0 Å². The van der Waals surface area contributed by atoms with E-state index in [2.05, 4.69) is 4.72 Å². The van der Waals surface area contributed by atoms with Crippen molar-refractivity contribution in [2.75, 3.05) is 19.3 Å². The second kappa shape index (κ2) is 8.99. The molecule has 1 aliphatic heterocycles. The number of carbonyl (C=O) groups excluding carboxylic acids is 1. The van der Waals surface area contributed by atoms with Crippen LogP contribution >= 0.6 is 11.8 Å². The highest BCUT2D eigenvalue weighted by molar-refractivity contribution is 7.98. The van der Waals surface area contributed by atoms with Gasteiger partial charge in [0, 0.05) is 24.5 Å².